The van der Waals surface area contributed by atoms with Crippen molar-refractivity contribution in [2.75, 3.05) is 0 Å². The SMILES string of the molecule is O=C(NNC1CC1)c1cc(-c2cccs2)on1. The first-order valence-corrected chi connectivity index (χ1v) is 6.27. The van der Waals surface area contributed by atoms with Gasteiger partial charge in [-0.25, -0.2) is 5.43 Å². The first-order chi connectivity index (χ1) is 8.33. The van der Waals surface area contributed by atoms with Crippen LogP contribution >= 0.6 is 11.3 Å². The number of hydrogen-bond donors (Lipinski definition) is 2. The van der Waals surface area contributed by atoms with Gasteiger partial charge < -0.3 is 4.52 Å². The summed E-state index contributed by atoms with van der Waals surface area (Å²) in [6.07, 6.45) is 2.22. The van der Waals surface area contributed by atoms with E-state index in [0.29, 0.717) is 17.5 Å². The molecule has 1 amide bonds. The summed E-state index contributed by atoms with van der Waals surface area (Å²) in [5, 5.41) is 5.70. The van der Waals surface area contributed by atoms with E-state index in [4.69, 9.17) is 4.52 Å². The highest BCUT2D eigenvalue weighted by Gasteiger charge is 2.22. The largest absolute Gasteiger partial charge is 0.355 e. The van der Waals surface area contributed by atoms with Crippen molar-refractivity contribution >= 4 is 17.2 Å². The van der Waals surface area contributed by atoms with E-state index in [1.807, 2.05) is 17.5 Å². The van der Waals surface area contributed by atoms with E-state index in [1.165, 1.54) is 0 Å². The Labute approximate surface area is 102 Å². The molecule has 0 saturated heterocycles. The normalized spacial score (nSPS) is 14.8. The quantitative estimate of drug-likeness (QED) is 0.811. The molecule has 2 N–H and O–H groups in total. The third kappa shape index (κ3) is 2.37. The van der Waals surface area contributed by atoms with Crippen LogP contribution in [0.1, 0.15) is 23.3 Å². The zero-order chi connectivity index (χ0) is 11.7. The molecule has 1 fully saturated rings. The van der Waals surface area contributed by atoms with Gasteiger partial charge in [-0.3, -0.25) is 10.2 Å². The molecule has 0 spiro atoms. The van der Waals surface area contributed by atoms with Gasteiger partial charge >= 0.3 is 0 Å². The molecule has 17 heavy (non-hydrogen) atoms. The Kier molecular flexibility index (Phi) is 2.66. The van der Waals surface area contributed by atoms with Crippen LogP contribution in [0.5, 0.6) is 0 Å². The van der Waals surface area contributed by atoms with Crippen LogP contribution in [0.2, 0.25) is 0 Å². The van der Waals surface area contributed by atoms with Gasteiger partial charge in [0.05, 0.1) is 4.88 Å². The maximum atomic E-state index is 11.7. The molecule has 2 aromatic heterocycles. The van der Waals surface area contributed by atoms with Gasteiger partial charge in [-0.2, -0.15) is 0 Å². The molecule has 0 aromatic carbocycles. The zero-order valence-corrected chi connectivity index (χ0v) is 9.79. The molecule has 2 heterocycles. The summed E-state index contributed by atoms with van der Waals surface area (Å²) in [5.74, 6) is 0.361. The molecule has 1 aliphatic carbocycles. The lowest BCUT2D eigenvalue weighted by atomic mass is 10.3. The van der Waals surface area contributed by atoms with Gasteiger partial charge in [0.2, 0.25) is 0 Å². The van der Waals surface area contributed by atoms with Gasteiger partial charge in [-0.05, 0) is 24.3 Å². The topological polar surface area (TPSA) is 67.2 Å². The zero-order valence-electron chi connectivity index (χ0n) is 8.97. The van der Waals surface area contributed by atoms with Crippen molar-refractivity contribution in [2.45, 2.75) is 18.9 Å². The Morgan fingerprint density at radius 3 is 3.12 bits per heavy atom. The van der Waals surface area contributed by atoms with Crippen molar-refractivity contribution < 1.29 is 9.32 Å². The number of amides is 1. The van der Waals surface area contributed by atoms with Gasteiger partial charge in [-0.15, -0.1) is 11.3 Å². The van der Waals surface area contributed by atoms with Crippen molar-refractivity contribution in [3.05, 3.63) is 29.3 Å². The molecule has 0 bridgehead atoms. The predicted octanol–water partition coefficient (Wildman–Crippen LogP) is 1.80. The van der Waals surface area contributed by atoms with Gasteiger partial charge in [0.1, 0.15) is 0 Å². The van der Waals surface area contributed by atoms with E-state index in [9.17, 15) is 4.79 Å². The molecule has 5 nitrogen and oxygen atoms in total. The number of thiophene rings is 1. The molecule has 0 atom stereocenters. The number of hydrogen-bond acceptors (Lipinski definition) is 5. The van der Waals surface area contributed by atoms with E-state index < -0.39 is 0 Å². The number of rotatable bonds is 4. The summed E-state index contributed by atoms with van der Waals surface area (Å²) in [6, 6.07) is 5.92. The highest BCUT2D eigenvalue weighted by Crippen LogP contribution is 2.25. The predicted molar refractivity (Wildman–Crippen MR) is 63.4 cm³/mol. The first-order valence-electron chi connectivity index (χ1n) is 5.39. The number of nitrogens with zero attached hydrogens (tertiary/aromatic N) is 1. The van der Waals surface area contributed by atoms with Gasteiger partial charge in [0.25, 0.3) is 5.91 Å². The minimum Gasteiger partial charge on any atom is -0.355 e. The van der Waals surface area contributed by atoms with Crippen LogP contribution < -0.4 is 10.9 Å². The minimum absolute atomic E-state index is 0.261. The molecule has 88 valence electrons. The Morgan fingerprint density at radius 2 is 2.41 bits per heavy atom. The van der Waals surface area contributed by atoms with Crippen LogP contribution in [0.15, 0.2) is 28.1 Å². The van der Waals surface area contributed by atoms with Crippen molar-refractivity contribution in [3.63, 3.8) is 0 Å². The first kappa shape index (κ1) is 10.5. The lowest BCUT2D eigenvalue weighted by Crippen LogP contribution is -2.38. The summed E-state index contributed by atoms with van der Waals surface area (Å²) in [4.78, 5) is 12.6. The fraction of sp³-hybridized carbons (Fsp3) is 0.273. The minimum atomic E-state index is -0.261. The smallest absolute Gasteiger partial charge is 0.287 e. The van der Waals surface area contributed by atoms with Gasteiger partial charge in [-0.1, -0.05) is 11.2 Å². The molecule has 1 aliphatic rings. The highest BCUT2D eigenvalue weighted by molar-refractivity contribution is 7.13. The van der Waals surface area contributed by atoms with E-state index in [0.717, 1.165) is 17.7 Å². The second kappa shape index (κ2) is 4.31. The highest BCUT2D eigenvalue weighted by atomic mass is 32.1. The van der Waals surface area contributed by atoms with E-state index in [2.05, 4.69) is 16.0 Å². The maximum Gasteiger partial charge on any atom is 0.287 e. The number of carbonyl (C=O) groups is 1. The van der Waals surface area contributed by atoms with Crippen LogP contribution in [-0.2, 0) is 0 Å². The second-order valence-corrected chi connectivity index (χ2v) is 4.87. The Balaban J connectivity index is 1.68. The number of hydrazine groups is 1. The molecule has 1 saturated carbocycles. The molecule has 2 aromatic rings. The molecule has 3 rings (SSSR count). The lowest BCUT2D eigenvalue weighted by molar-refractivity contribution is 0.0923. The monoisotopic (exact) mass is 249 g/mol. The molecular weight excluding hydrogens is 238 g/mol. The summed E-state index contributed by atoms with van der Waals surface area (Å²) in [7, 11) is 0. The number of nitrogens with one attached hydrogen (secondary N) is 2. The van der Waals surface area contributed by atoms with Crippen molar-refractivity contribution in [2.24, 2.45) is 0 Å². The number of aromatic nitrogens is 1. The van der Waals surface area contributed by atoms with E-state index in [-0.39, 0.29) is 5.91 Å². The van der Waals surface area contributed by atoms with Crippen molar-refractivity contribution in [1.29, 1.82) is 0 Å². The summed E-state index contributed by atoms with van der Waals surface area (Å²) >= 11 is 1.55. The van der Waals surface area contributed by atoms with Crippen LogP contribution in [0, 0.1) is 0 Å². The summed E-state index contributed by atoms with van der Waals surface area (Å²) in [6.45, 7) is 0. The third-order valence-corrected chi connectivity index (χ3v) is 3.36. The average molecular weight is 249 g/mol. The third-order valence-electron chi connectivity index (χ3n) is 2.47. The maximum absolute atomic E-state index is 11.7. The molecular formula is C11H11N3O2S. The number of carbonyl (C=O) groups excluding carboxylic acids is 1. The van der Waals surface area contributed by atoms with E-state index in [1.54, 1.807) is 17.4 Å². The summed E-state index contributed by atoms with van der Waals surface area (Å²) in [5.41, 5.74) is 5.82. The van der Waals surface area contributed by atoms with Crippen LogP contribution in [0.4, 0.5) is 0 Å². The van der Waals surface area contributed by atoms with Crippen molar-refractivity contribution in [1.82, 2.24) is 16.0 Å². The molecule has 6 heteroatoms. The molecule has 0 unspecified atom stereocenters. The lowest BCUT2D eigenvalue weighted by Gasteiger charge is -2.01. The van der Waals surface area contributed by atoms with Crippen LogP contribution in [-0.4, -0.2) is 17.1 Å². The van der Waals surface area contributed by atoms with Gasteiger partial charge in [0.15, 0.2) is 11.5 Å². The van der Waals surface area contributed by atoms with Gasteiger partial charge in [0, 0.05) is 12.1 Å². The van der Waals surface area contributed by atoms with Crippen LogP contribution in [0.3, 0.4) is 0 Å². The fourth-order valence-corrected chi connectivity index (χ4v) is 2.05. The standard InChI is InChI=1S/C11H11N3O2S/c15-11(13-12-7-3-4-7)8-6-9(16-14-8)10-2-1-5-17-10/h1-2,5-7,12H,3-4H2,(H,13,15). The fourth-order valence-electron chi connectivity index (χ4n) is 1.38. The Hall–Kier alpha value is -1.66. The molecule has 0 aliphatic heterocycles. The van der Waals surface area contributed by atoms with E-state index >= 15 is 0 Å². The average Bonchev–Trinajstić information content (AvgIpc) is 2.85. The summed E-state index contributed by atoms with van der Waals surface area (Å²) < 4.78 is 5.12. The Morgan fingerprint density at radius 1 is 1.53 bits per heavy atom. The molecule has 0 radical (unpaired) electrons. The van der Waals surface area contributed by atoms with Crippen LogP contribution in [0.25, 0.3) is 10.6 Å². The van der Waals surface area contributed by atoms with Crippen molar-refractivity contribution in [3.8, 4) is 10.6 Å². The Bertz CT molecular complexity index is 517. The second-order valence-electron chi connectivity index (χ2n) is 3.93.